The molecule has 1 aromatic carbocycles. The average molecular weight is 278 g/mol. The highest BCUT2D eigenvalue weighted by atomic mass is 16.5. The number of carbonyl (C=O) groups is 1. The lowest BCUT2D eigenvalue weighted by Crippen LogP contribution is -2.38. The molecule has 112 valence electrons. The van der Waals surface area contributed by atoms with E-state index >= 15 is 0 Å². The van der Waals surface area contributed by atoms with Gasteiger partial charge in [0.1, 0.15) is 5.75 Å². The van der Waals surface area contributed by atoms with E-state index in [-0.39, 0.29) is 11.8 Å². The SMILES string of the molecule is COc1cccc(N(CCCN)C(=O)C(C)C(C)C)c1. The van der Waals surface area contributed by atoms with Gasteiger partial charge in [-0.2, -0.15) is 0 Å². The van der Waals surface area contributed by atoms with E-state index in [9.17, 15) is 4.79 Å². The van der Waals surface area contributed by atoms with Crippen LogP contribution in [0.2, 0.25) is 0 Å². The van der Waals surface area contributed by atoms with Gasteiger partial charge in [0.2, 0.25) is 5.91 Å². The number of ether oxygens (including phenoxy) is 1. The Hall–Kier alpha value is -1.55. The summed E-state index contributed by atoms with van der Waals surface area (Å²) >= 11 is 0. The van der Waals surface area contributed by atoms with Gasteiger partial charge in [-0.25, -0.2) is 0 Å². The van der Waals surface area contributed by atoms with Crippen LogP contribution in [0.5, 0.6) is 5.75 Å². The smallest absolute Gasteiger partial charge is 0.230 e. The van der Waals surface area contributed by atoms with Crippen LogP contribution >= 0.6 is 0 Å². The molecule has 2 N–H and O–H groups in total. The zero-order valence-electron chi connectivity index (χ0n) is 12.9. The third-order valence-corrected chi connectivity index (χ3v) is 3.61. The first-order chi connectivity index (χ1) is 9.51. The molecule has 0 aromatic heterocycles. The minimum atomic E-state index is -0.0148. The molecule has 0 spiro atoms. The van der Waals surface area contributed by atoms with Crippen LogP contribution in [-0.4, -0.2) is 26.1 Å². The number of carbonyl (C=O) groups excluding carboxylic acids is 1. The largest absolute Gasteiger partial charge is 0.497 e. The van der Waals surface area contributed by atoms with E-state index in [2.05, 4.69) is 13.8 Å². The van der Waals surface area contributed by atoms with Gasteiger partial charge in [-0.15, -0.1) is 0 Å². The minimum absolute atomic E-state index is 0.0148. The zero-order chi connectivity index (χ0) is 15.1. The van der Waals surface area contributed by atoms with Gasteiger partial charge < -0.3 is 15.4 Å². The number of rotatable bonds is 7. The van der Waals surface area contributed by atoms with Crippen molar-refractivity contribution in [3.05, 3.63) is 24.3 Å². The van der Waals surface area contributed by atoms with Crippen molar-refractivity contribution < 1.29 is 9.53 Å². The van der Waals surface area contributed by atoms with Crippen LogP contribution in [0, 0.1) is 11.8 Å². The number of anilines is 1. The second-order valence-corrected chi connectivity index (χ2v) is 5.37. The van der Waals surface area contributed by atoms with Crippen molar-refractivity contribution in [2.45, 2.75) is 27.2 Å². The molecule has 1 unspecified atom stereocenters. The highest BCUT2D eigenvalue weighted by molar-refractivity contribution is 5.95. The number of nitrogens with zero attached hydrogens (tertiary/aromatic N) is 1. The molecule has 0 aliphatic heterocycles. The number of hydrogen-bond donors (Lipinski definition) is 1. The minimum Gasteiger partial charge on any atom is -0.497 e. The van der Waals surface area contributed by atoms with Crippen molar-refractivity contribution >= 4 is 11.6 Å². The van der Waals surface area contributed by atoms with Gasteiger partial charge in [-0.05, 0) is 31.0 Å². The fourth-order valence-corrected chi connectivity index (χ4v) is 1.93. The molecular weight excluding hydrogens is 252 g/mol. The molecule has 0 aliphatic carbocycles. The fourth-order valence-electron chi connectivity index (χ4n) is 1.93. The maximum absolute atomic E-state index is 12.6. The predicted molar refractivity (Wildman–Crippen MR) is 83.0 cm³/mol. The number of amides is 1. The molecule has 1 aromatic rings. The van der Waals surface area contributed by atoms with Crippen LogP contribution in [0.4, 0.5) is 5.69 Å². The molecule has 20 heavy (non-hydrogen) atoms. The quantitative estimate of drug-likeness (QED) is 0.834. The second kappa shape index (κ2) is 7.90. The first-order valence-electron chi connectivity index (χ1n) is 7.16. The zero-order valence-corrected chi connectivity index (χ0v) is 12.9. The van der Waals surface area contributed by atoms with Crippen molar-refractivity contribution in [1.29, 1.82) is 0 Å². The molecule has 0 bridgehead atoms. The molecule has 0 heterocycles. The summed E-state index contributed by atoms with van der Waals surface area (Å²) in [5.41, 5.74) is 6.46. The van der Waals surface area contributed by atoms with Gasteiger partial charge in [0, 0.05) is 24.2 Å². The van der Waals surface area contributed by atoms with Crippen molar-refractivity contribution in [2.75, 3.05) is 25.1 Å². The maximum Gasteiger partial charge on any atom is 0.230 e. The summed E-state index contributed by atoms with van der Waals surface area (Å²) in [6, 6.07) is 7.60. The Balaban J connectivity index is 3.01. The first-order valence-corrected chi connectivity index (χ1v) is 7.16. The lowest BCUT2D eigenvalue weighted by Gasteiger charge is -2.27. The Labute approximate surface area is 121 Å². The Morgan fingerprint density at radius 3 is 2.60 bits per heavy atom. The Morgan fingerprint density at radius 1 is 1.35 bits per heavy atom. The summed E-state index contributed by atoms with van der Waals surface area (Å²) in [5.74, 6) is 1.19. The Kier molecular flexibility index (Phi) is 6.52. The van der Waals surface area contributed by atoms with E-state index < -0.39 is 0 Å². The molecule has 0 saturated carbocycles. The number of nitrogens with two attached hydrogens (primary N) is 1. The standard InChI is InChI=1S/C16H26N2O2/c1-12(2)13(3)16(19)18(10-6-9-17)14-7-5-8-15(11-14)20-4/h5,7-8,11-13H,6,9-10,17H2,1-4H3. The summed E-state index contributed by atoms with van der Waals surface area (Å²) in [5, 5.41) is 0. The van der Waals surface area contributed by atoms with Gasteiger partial charge in [0.25, 0.3) is 0 Å². The monoisotopic (exact) mass is 278 g/mol. The van der Waals surface area contributed by atoms with Crippen LogP contribution in [0.3, 0.4) is 0 Å². The lowest BCUT2D eigenvalue weighted by molar-refractivity contribution is -0.123. The van der Waals surface area contributed by atoms with Gasteiger partial charge in [-0.3, -0.25) is 4.79 Å². The van der Waals surface area contributed by atoms with E-state index in [4.69, 9.17) is 10.5 Å². The van der Waals surface area contributed by atoms with E-state index in [0.29, 0.717) is 19.0 Å². The van der Waals surface area contributed by atoms with Crippen LogP contribution in [0.15, 0.2) is 24.3 Å². The second-order valence-electron chi connectivity index (χ2n) is 5.37. The predicted octanol–water partition coefficient (Wildman–Crippen LogP) is 2.67. The Bertz CT molecular complexity index is 432. The van der Waals surface area contributed by atoms with E-state index in [1.54, 1.807) is 7.11 Å². The van der Waals surface area contributed by atoms with Crippen LogP contribution in [0.25, 0.3) is 0 Å². The van der Waals surface area contributed by atoms with Gasteiger partial charge in [-0.1, -0.05) is 26.8 Å². The third-order valence-electron chi connectivity index (χ3n) is 3.61. The molecule has 4 heteroatoms. The molecular formula is C16H26N2O2. The lowest BCUT2D eigenvalue weighted by atomic mass is 9.96. The van der Waals surface area contributed by atoms with E-state index in [1.165, 1.54) is 0 Å². The summed E-state index contributed by atoms with van der Waals surface area (Å²) in [6.45, 7) is 7.32. The molecule has 0 aliphatic rings. The molecule has 4 nitrogen and oxygen atoms in total. The summed E-state index contributed by atoms with van der Waals surface area (Å²) in [6.07, 6.45) is 0.785. The van der Waals surface area contributed by atoms with Crippen molar-refractivity contribution in [1.82, 2.24) is 0 Å². The van der Waals surface area contributed by atoms with Crippen molar-refractivity contribution in [3.8, 4) is 5.75 Å². The normalized spacial score (nSPS) is 12.3. The highest BCUT2D eigenvalue weighted by Gasteiger charge is 2.24. The van der Waals surface area contributed by atoms with Gasteiger partial charge in [0.05, 0.1) is 7.11 Å². The molecule has 0 saturated heterocycles. The molecule has 1 rings (SSSR count). The summed E-state index contributed by atoms with van der Waals surface area (Å²) < 4.78 is 5.23. The number of hydrogen-bond acceptors (Lipinski definition) is 3. The van der Waals surface area contributed by atoms with Crippen LogP contribution in [-0.2, 0) is 4.79 Å². The van der Waals surface area contributed by atoms with Crippen molar-refractivity contribution in [3.63, 3.8) is 0 Å². The van der Waals surface area contributed by atoms with Gasteiger partial charge >= 0.3 is 0 Å². The topological polar surface area (TPSA) is 55.6 Å². The average Bonchev–Trinajstić information content (AvgIpc) is 2.46. The summed E-state index contributed by atoms with van der Waals surface area (Å²) in [7, 11) is 1.63. The molecule has 1 amide bonds. The highest BCUT2D eigenvalue weighted by Crippen LogP contribution is 2.24. The first kappa shape index (κ1) is 16.5. The molecule has 1 atom stereocenters. The van der Waals surface area contributed by atoms with Gasteiger partial charge in [0.15, 0.2) is 0 Å². The van der Waals surface area contributed by atoms with Crippen LogP contribution < -0.4 is 15.4 Å². The summed E-state index contributed by atoms with van der Waals surface area (Å²) in [4.78, 5) is 14.5. The third kappa shape index (κ3) is 4.23. The van der Waals surface area contributed by atoms with Crippen LogP contribution in [0.1, 0.15) is 27.2 Å². The molecule has 0 radical (unpaired) electrons. The molecule has 0 fully saturated rings. The number of benzene rings is 1. The van der Waals surface area contributed by atoms with E-state index in [1.807, 2.05) is 36.1 Å². The maximum atomic E-state index is 12.6. The fraction of sp³-hybridized carbons (Fsp3) is 0.562. The Morgan fingerprint density at radius 2 is 2.05 bits per heavy atom. The number of methoxy groups -OCH3 is 1. The van der Waals surface area contributed by atoms with Crippen molar-refractivity contribution in [2.24, 2.45) is 17.6 Å². The van der Waals surface area contributed by atoms with E-state index in [0.717, 1.165) is 17.9 Å².